The minimum absolute atomic E-state index is 0.163. The highest BCUT2D eigenvalue weighted by Gasteiger charge is 2.33. The van der Waals surface area contributed by atoms with Crippen LogP contribution in [0.5, 0.6) is 0 Å². The van der Waals surface area contributed by atoms with Gasteiger partial charge in [-0.2, -0.15) is 0 Å². The van der Waals surface area contributed by atoms with Gasteiger partial charge in [-0.1, -0.05) is 87.6 Å². The number of carbonyl (C=O) groups excluding carboxylic acids is 1. The van der Waals surface area contributed by atoms with Crippen LogP contribution in [-0.2, 0) is 9.53 Å². The molecule has 0 saturated carbocycles. The van der Waals surface area contributed by atoms with Crippen molar-refractivity contribution >= 4 is 23.4 Å². The Bertz CT molecular complexity index is 1420. The Labute approximate surface area is 203 Å². The smallest absolute Gasteiger partial charge is 0.338 e. The topological polar surface area (TPSA) is 60.7 Å². The predicted molar refractivity (Wildman–Crippen MR) is 137 cm³/mol. The molecule has 6 heteroatoms. The van der Waals surface area contributed by atoms with E-state index in [9.17, 15) is 9.59 Å². The first kappa shape index (κ1) is 23.9. The maximum Gasteiger partial charge on any atom is 0.338 e. The normalized spacial score (nSPS) is 16.1. The molecule has 1 atom stereocenters. The lowest BCUT2D eigenvalue weighted by molar-refractivity contribution is -0.136. The number of hydrogen-bond acceptors (Lipinski definition) is 5. The Morgan fingerprint density at radius 1 is 1.00 bits per heavy atom. The number of benzene rings is 2. The van der Waals surface area contributed by atoms with Gasteiger partial charge in [-0.05, 0) is 47.1 Å². The summed E-state index contributed by atoms with van der Waals surface area (Å²) >= 11 is 1.34. The molecule has 0 N–H and O–H groups in total. The van der Waals surface area contributed by atoms with E-state index in [1.807, 2.05) is 30.3 Å². The van der Waals surface area contributed by atoms with Crippen molar-refractivity contribution in [2.75, 3.05) is 7.11 Å². The van der Waals surface area contributed by atoms with Gasteiger partial charge in [0.15, 0.2) is 4.80 Å². The lowest BCUT2D eigenvalue weighted by Crippen LogP contribution is -2.39. The molecule has 4 rings (SSSR count). The molecule has 3 aromatic rings. The Balaban J connectivity index is 1.89. The molecule has 176 valence electrons. The lowest BCUT2D eigenvalue weighted by atomic mass is 9.93. The fraction of sp³-hybridized carbons (Fsp3) is 0.321. The zero-order valence-corrected chi connectivity index (χ0v) is 21.3. The standard InChI is InChI=1S/C28H30N2O3S/c1-16(2)20-9-7-19(8-10-20)15-23-26(31)30-25(22-13-11-21(12-14-22)17(3)4)24(27(32)33-6)18(5)29-28(30)34-23/h7-17,25H,1-6H3/b23-15-. The highest BCUT2D eigenvalue weighted by atomic mass is 32.1. The molecule has 1 aliphatic heterocycles. The summed E-state index contributed by atoms with van der Waals surface area (Å²) in [6, 6.07) is 15.7. The molecule has 0 spiro atoms. The van der Waals surface area contributed by atoms with Gasteiger partial charge in [0.2, 0.25) is 0 Å². The number of ether oxygens (including phenoxy) is 1. The molecule has 1 aromatic heterocycles. The third-order valence-electron chi connectivity index (χ3n) is 6.25. The van der Waals surface area contributed by atoms with Crippen molar-refractivity contribution in [3.05, 3.63) is 102 Å². The first-order valence-electron chi connectivity index (χ1n) is 11.5. The van der Waals surface area contributed by atoms with E-state index in [-0.39, 0.29) is 5.56 Å². The molecule has 2 aromatic carbocycles. The summed E-state index contributed by atoms with van der Waals surface area (Å²) in [6.45, 7) is 10.4. The summed E-state index contributed by atoms with van der Waals surface area (Å²) < 4.78 is 7.29. The van der Waals surface area contributed by atoms with Crippen LogP contribution in [0.2, 0.25) is 0 Å². The number of rotatable bonds is 5. The lowest BCUT2D eigenvalue weighted by Gasteiger charge is -2.24. The van der Waals surface area contributed by atoms with E-state index in [0.29, 0.717) is 32.4 Å². The molecule has 1 unspecified atom stereocenters. The molecule has 0 amide bonds. The number of carbonyl (C=O) groups is 1. The minimum Gasteiger partial charge on any atom is -0.466 e. The molecule has 0 aliphatic carbocycles. The third-order valence-corrected chi connectivity index (χ3v) is 7.23. The van der Waals surface area contributed by atoms with Crippen LogP contribution in [0.15, 0.2) is 69.6 Å². The quantitative estimate of drug-likeness (QED) is 0.506. The van der Waals surface area contributed by atoms with Gasteiger partial charge in [0.05, 0.1) is 29.0 Å². The zero-order valence-electron chi connectivity index (χ0n) is 20.5. The number of hydrogen-bond donors (Lipinski definition) is 0. The van der Waals surface area contributed by atoms with Crippen molar-refractivity contribution in [2.24, 2.45) is 4.99 Å². The zero-order chi connectivity index (χ0) is 24.6. The van der Waals surface area contributed by atoms with Gasteiger partial charge < -0.3 is 4.74 Å². The van der Waals surface area contributed by atoms with Crippen molar-refractivity contribution in [2.45, 2.75) is 52.5 Å². The number of aromatic nitrogens is 1. The largest absolute Gasteiger partial charge is 0.466 e. The van der Waals surface area contributed by atoms with Gasteiger partial charge in [-0.3, -0.25) is 9.36 Å². The van der Waals surface area contributed by atoms with Crippen molar-refractivity contribution in [1.82, 2.24) is 4.57 Å². The van der Waals surface area contributed by atoms with E-state index in [4.69, 9.17) is 4.74 Å². The molecule has 0 radical (unpaired) electrons. The maximum atomic E-state index is 13.6. The second kappa shape index (κ2) is 9.55. The van der Waals surface area contributed by atoms with Crippen molar-refractivity contribution in [3.8, 4) is 0 Å². The van der Waals surface area contributed by atoms with Crippen molar-refractivity contribution in [1.29, 1.82) is 0 Å². The number of nitrogens with zero attached hydrogens (tertiary/aromatic N) is 2. The molecular weight excluding hydrogens is 444 g/mol. The summed E-state index contributed by atoms with van der Waals surface area (Å²) in [5.74, 6) is 0.356. The first-order valence-corrected chi connectivity index (χ1v) is 12.3. The fourth-order valence-corrected chi connectivity index (χ4v) is 5.25. The number of esters is 1. The Morgan fingerprint density at radius 2 is 1.56 bits per heavy atom. The highest BCUT2D eigenvalue weighted by Crippen LogP contribution is 2.31. The summed E-state index contributed by atoms with van der Waals surface area (Å²) in [5, 5.41) is 0. The maximum absolute atomic E-state index is 13.6. The van der Waals surface area contributed by atoms with Gasteiger partial charge in [0.1, 0.15) is 0 Å². The first-order chi connectivity index (χ1) is 16.2. The van der Waals surface area contributed by atoms with Gasteiger partial charge in [0, 0.05) is 0 Å². The number of thiazole rings is 1. The van der Waals surface area contributed by atoms with Crippen LogP contribution in [0, 0.1) is 0 Å². The van der Waals surface area contributed by atoms with Crippen LogP contribution < -0.4 is 14.9 Å². The summed E-state index contributed by atoms with van der Waals surface area (Å²) in [6.07, 6.45) is 1.89. The van der Waals surface area contributed by atoms with E-state index >= 15 is 0 Å². The predicted octanol–water partition coefficient (Wildman–Crippen LogP) is 4.66. The van der Waals surface area contributed by atoms with Crippen molar-refractivity contribution < 1.29 is 9.53 Å². The molecule has 0 saturated heterocycles. The van der Waals surface area contributed by atoms with E-state index in [0.717, 1.165) is 11.1 Å². The monoisotopic (exact) mass is 474 g/mol. The number of methoxy groups -OCH3 is 1. The molecule has 5 nitrogen and oxygen atoms in total. The van der Waals surface area contributed by atoms with Crippen LogP contribution in [0.3, 0.4) is 0 Å². The molecule has 1 aliphatic rings. The minimum atomic E-state index is -0.588. The van der Waals surface area contributed by atoms with Crippen LogP contribution in [0.1, 0.15) is 74.8 Å². The van der Waals surface area contributed by atoms with Gasteiger partial charge in [-0.25, -0.2) is 9.79 Å². The molecular formula is C28H30N2O3S. The average molecular weight is 475 g/mol. The Kier molecular flexibility index (Phi) is 6.71. The summed E-state index contributed by atoms with van der Waals surface area (Å²) in [4.78, 5) is 31.6. The number of allylic oxidation sites excluding steroid dienone is 1. The van der Waals surface area contributed by atoms with Crippen LogP contribution >= 0.6 is 11.3 Å². The van der Waals surface area contributed by atoms with E-state index in [1.54, 1.807) is 11.5 Å². The molecule has 0 fully saturated rings. The van der Waals surface area contributed by atoms with Crippen LogP contribution in [-0.4, -0.2) is 17.6 Å². The average Bonchev–Trinajstić information content (AvgIpc) is 3.12. The van der Waals surface area contributed by atoms with E-state index in [2.05, 4.69) is 57.0 Å². The Hall–Kier alpha value is -3.25. The molecule has 34 heavy (non-hydrogen) atoms. The van der Waals surface area contributed by atoms with E-state index in [1.165, 1.54) is 29.6 Å². The second-order valence-electron chi connectivity index (χ2n) is 9.22. The molecule has 0 bridgehead atoms. The summed E-state index contributed by atoms with van der Waals surface area (Å²) in [7, 11) is 1.35. The van der Waals surface area contributed by atoms with Gasteiger partial charge >= 0.3 is 5.97 Å². The van der Waals surface area contributed by atoms with Crippen LogP contribution in [0.4, 0.5) is 0 Å². The Morgan fingerprint density at radius 3 is 2.09 bits per heavy atom. The highest BCUT2D eigenvalue weighted by molar-refractivity contribution is 7.07. The van der Waals surface area contributed by atoms with Crippen molar-refractivity contribution in [3.63, 3.8) is 0 Å². The third kappa shape index (κ3) is 4.42. The fourth-order valence-electron chi connectivity index (χ4n) is 4.20. The second-order valence-corrected chi connectivity index (χ2v) is 10.2. The van der Waals surface area contributed by atoms with Crippen LogP contribution in [0.25, 0.3) is 6.08 Å². The molecule has 2 heterocycles. The van der Waals surface area contributed by atoms with Gasteiger partial charge in [0.25, 0.3) is 5.56 Å². The summed E-state index contributed by atoms with van der Waals surface area (Å²) in [5.41, 5.74) is 5.05. The SMILES string of the molecule is COC(=O)C1=C(C)N=c2s/c(=C\c3ccc(C(C)C)cc3)c(=O)n2C1c1ccc(C(C)C)cc1. The van der Waals surface area contributed by atoms with E-state index < -0.39 is 12.0 Å². The number of fused-ring (bicyclic) bond motifs is 1. The van der Waals surface area contributed by atoms with Gasteiger partial charge in [-0.15, -0.1) is 0 Å².